The van der Waals surface area contributed by atoms with E-state index in [1.807, 2.05) is 56.0 Å². The topological polar surface area (TPSA) is 47.4 Å². The third kappa shape index (κ3) is 4.48. The Balaban J connectivity index is 1.82. The second kappa shape index (κ2) is 8.92. The van der Waals surface area contributed by atoms with Gasteiger partial charge in [-0.1, -0.05) is 51.1 Å². The van der Waals surface area contributed by atoms with Crippen molar-refractivity contribution in [3.8, 4) is 17.3 Å². The molecule has 1 heterocycles. The van der Waals surface area contributed by atoms with Crippen molar-refractivity contribution in [2.45, 2.75) is 52.6 Å². The first-order valence-electron chi connectivity index (χ1n) is 10.9. The molecule has 0 spiro atoms. The van der Waals surface area contributed by atoms with Crippen LogP contribution in [0.4, 0.5) is 4.39 Å². The van der Waals surface area contributed by atoms with Gasteiger partial charge in [-0.15, -0.1) is 0 Å². The third-order valence-corrected chi connectivity index (χ3v) is 5.49. The van der Waals surface area contributed by atoms with Crippen LogP contribution in [0.3, 0.4) is 0 Å². The van der Waals surface area contributed by atoms with Crippen LogP contribution in [0.25, 0.3) is 5.69 Å². The molecule has 0 saturated heterocycles. The fraction of sp³-hybridized carbons (Fsp3) is 0.360. The van der Waals surface area contributed by atoms with Crippen LogP contribution in [0.5, 0.6) is 11.6 Å². The summed E-state index contributed by atoms with van der Waals surface area (Å²) in [5.41, 5.74) is 2.50. The van der Waals surface area contributed by atoms with E-state index in [2.05, 4.69) is 0 Å². The van der Waals surface area contributed by atoms with Gasteiger partial charge in [-0.25, -0.2) is 9.07 Å². The van der Waals surface area contributed by atoms with E-state index < -0.39 is 5.82 Å². The molecule has 1 saturated carbocycles. The van der Waals surface area contributed by atoms with Crippen molar-refractivity contribution < 1.29 is 13.9 Å². The molecule has 0 unspecified atom stereocenters. The maximum Gasteiger partial charge on any atom is 0.228 e. The largest absolute Gasteiger partial charge is 0.435 e. The Morgan fingerprint density at radius 1 is 1.16 bits per heavy atom. The Morgan fingerprint density at radius 3 is 2.45 bits per heavy atom. The lowest BCUT2D eigenvalue weighted by Gasteiger charge is -2.25. The summed E-state index contributed by atoms with van der Waals surface area (Å²) < 4.78 is 22.3. The lowest BCUT2D eigenvalue weighted by Crippen LogP contribution is -2.35. The van der Waals surface area contributed by atoms with Crippen LogP contribution in [0, 0.1) is 11.7 Å². The minimum Gasteiger partial charge on any atom is -0.435 e. The van der Waals surface area contributed by atoms with Gasteiger partial charge in [0.2, 0.25) is 11.8 Å². The van der Waals surface area contributed by atoms with Crippen molar-refractivity contribution in [1.29, 1.82) is 0 Å². The SMILES string of the molecule is CCc1nn(-c2ccccc2)c(Oc2ccccc2F)c1CN(C(=O)C(C)C)C1CC1. The van der Waals surface area contributed by atoms with Crippen LogP contribution in [-0.2, 0) is 17.8 Å². The zero-order chi connectivity index (χ0) is 22.0. The monoisotopic (exact) mass is 421 g/mol. The van der Waals surface area contributed by atoms with Gasteiger partial charge in [0.25, 0.3) is 0 Å². The number of nitrogens with zero attached hydrogens (tertiary/aromatic N) is 3. The first kappa shape index (κ1) is 21.1. The molecule has 2 aromatic carbocycles. The number of para-hydroxylation sites is 2. The third-order valence-electron chi connectivity index (χ3n) is 5.49. The first-order valence-corrected chi connectivity index (χ1v) is 10.9. The first-order chi connectivity index (χ1) is 15.0. The summed E-state index contributed by atoms with van der Waals surface area (Å²) >= 11 is 0. The van der Waals surface area contributed by atoms with Crippen LogP contribution in [-0.4, -0.2) is 26.6 Å². The fourth-order valence-electron chi connectivity index (χ4n) is 3.68. The number of ether oxygens (including phenoxy) is 1. The Hall–Kier alpha value is -3.15. The van der Waals surface area contributed by atoms with Crippen molar-refractivity contribution in [3.63, 3.8) is 0 Å². The second-order valence-electron chi connectivity index (χ2n) is 8.22. The summed E-state index contributed by atoms with van der Waals surface area (Å²) in [6, 6.07) is 16.2. The number of aromatic nitrogens is 2. The van der Waals surface area contributed by atoms with E-state index in [9.17, 15) is 9.18 Å². The highest BCUT2D eigenvalue weighted by molar-refractivity contribution is 5.79. The molecule has 6 heteroatoms. The van der Waals surface area contributed by atoms with Gasteiger partial charge in [0.05, 0.1) is 23.5 Å². The molecule has 4 rings (SSSR count). The number of benzene rings is 2. The van der Waals surface area contributed by atoms with Gasteiger partial charge >= 0.3 is 0 Å². The predicted octanol–water partition coefficient (Wildman–Crippen LogP) is 5.51. The Labute approximate surface area is 182 Å². The molecule has 0 radical (unpaired) electrons. The van der Waals surface area contributed by atoms with Gasteiger partial charge < -0.3 is 9.64 Å². The fourth-order valence-corrected chi connectivity index (χ4v) is 3.68. The zero-order valence-electron chi connectivity index (χ0n) is 18.2. The molecule has 1 aromatic heterocycles. The van der Waals surface area contributed by atoms with Crippen LogP contribution < -0.4 is 4.74 Å². The van der Waals surface area contributed by atoms with E-state index in [0.29, 0.717) is 18.8 Å². The molecule has 0 atom stereocenters. The number of halogens is 1. The van der Waals surface area contributed by atoms with E-state index in [-0.39, 0.29) is 23.6 Å². The van der Waals surface area contributed by atoms with Crippen LogP contribution in [0.1, 0.15) is 44.9 Å². The van der Waals surface area contributed by atoms with E-state index in [1.165, 1.54) is 6.07 Å². The molecule has 0 aliphatic heterocycles. The number of aryl methyl sites for hydroxylation is 1. The maximum absolute atomic E-state index is 14.4. The van der Waals surface area contributed by atoms with E-state index in [0.717, 1.165) is 29.8 Å². The van der Waals surface area contributed by atoms with Crippen molar-refractivity contribution in [3.05, 3.63) is 71.7 Å². The number of hydrogen-bond donors (Lipinski definition) is 0. The Kier molecular flexibility index (Phi) is 6.07. The molecule has 1 fully saturated rings. The number of hydrogen-bond acceptors (Lipinski definition) is 3. The molecule has 162 valence electrons. The Morgan fingerprint density at radius 2 is 1.84 bits per heavy atom. The summed E-state index contributed by atoms with van der Waals surface area (Å²) in [5, 5.41) is 4.79. The van der Waals surface area contributed by atoms with Crippen LogP contribution >= 0.6 is 0 Å². The van der Waals surface area contributed by atoms with E-state index >= 15 is 0 Å². The van der Waals surface area contributed by atoms with Crippen molar-refractivity contribution >= 4 is 5.91 Å². The molecule has 3 aromatic rings. The lowest BCUT2D eigenvalue weighted by atomic mass is 10.1. The summed E-state index contributed by atoms with van der Waals surface area (Å²) in [6.45, 7) is 6.27. The normalized spacial score (nSPS) is 13.5. The standard InChI is InChI=1S/C25H28FN3O2/c1-4-22-20(16-28(18-14-15-18)24(30)17(2)3)25(31-23-13-9-8-12-21(23)26)29(27-22)19-10-6-5-7-11-19/h5-13,17-18H,4,14-16H2,1-3H3. The number of rotatable bonds is 8. The van der Waals surface area contributed by atoms with Gasteiger partial charge in [-0.05, 0) is 43.5 Å². The maximum atomic E-state index is 14.4. The lowest BCUT2D eigenvalue weighted by molar-refractivity contribution is -0.135. The van der Waals surface area contributed by atoms with E-state index in [1.54, 1.807) is 22.9 Å². The molecule has 1 amide bonds. The van der Waals surface area contributed by atoms with Gasteiger partial charge in [0.1, 0.15) is 0 Å². The van der Waals surface area contributed by atoms with Gasteiger partial charge in [-0.2, -0.15) is 5.10 Å². The highest BCUT2D eigenvalue weighted by Gasteiger charge is 2.35. The van der Waals surface area contributed by atoms with Crippen LogP contribution in [0.15, 0.2) is 54.6 Å². The van der Waals surface area contributed by atoms with Gasteiger partial charge in [-0.3, -0.25) is 4.79 Å². The van der Waals surface area contributed by atoms with Gasteiger partial charge in [0.15, 0.2) is 11.6 Å². The number of amides is 1. The molecule has 0 N–H and O–H groups in total. The summed E-state index contributed by atoms with van der Waals surface area (Å²) in [5.74, 6) is 0.177. The van der Waals surface area contributed by atoms with Gasteiger partial charge in [0, 0.05) is 12.0 Å². The Bertz CT molecular complexity index is 1060. The second-order valence-corrected chi connectivity index (χ2v) is 8.22. The van der Waals surface area contributed by atoms with Crippen molar-refractivity contribution in [2.75, 3.05) is 0 Å². The van der Waals surface area contributed by atoms with E-state index in [4.69, 9.17) is 9.84 Å². The summed E-state index contributed by atoms with van der Waals surface area (Å²) in [6.07, 6.45) is 2.70. The molecule has 1 aliphatic carbocycles. The molecule has 0 bridgehead atoms. The number of carbonyl (C=O) groups excluding carboxylic acids is 1. The molecule has 5 nitrogen and oxygen atoms in total. The summed E-state index contributed by atoms with van der Waals surface area (Å²) in [7, 11) is 0. The minimum absolute atomic E-state index is 0.0919. The van der Waals surface area contributed by atoms with Crippen LogP contribution in [0.2, 0.25) is 0 Å². The smallest absolute Gasteiger partial charge is 0.228 e. The minimum atomic E-state index is -0.440. The molecule has 1 aliphatic rings. The zero-order valence-corrected chi connectivity index (χ0v) is 18.2. The molecular weight excluding hydrogens is 393 g/mol. The highest BCUT2D eigenvalue weighted by atomic mass is 19.1. The van der Waals surface area contributed by atoms with Crippen molar-refractivity contribution in [1.82, 2.24) is 14.7 Å². The average molecular weight is 422 g/mol. The summed E-state index contributed by atoms with van der Waals surface area (Å²) in [4.78, 5) is 14.9. The number of carbonyl (C=O) groups is 1. The predicted molar refractivity (Wildman–Crippen MR) is 118 cm³/mol. The molecular formula is C25H28FN3O2. The average Bonchev–Trinajstić information content (AvgIpc) is 3.56. The molecule has 31 heavy (non-hydrogen) atoms. The van der Waals surface area contributed by atoms with Crippen molar-refractivity contribution in [2.24, 2.45) is 5.92 Å². The highest BCUT2D eigenvalue weighted by Crippen LogP contribution is 2.36. The quantitative estimate of drug-likeness (QED) is 0.482.